The van der Waals surface area contributed by atoms with Gasteiger partial charge in [0.2, 0.25) is 0 Å². The number of hydrazone groups is 1. The van der Waals surface area contributed by atoms with E-state index in [0.29, 0.717) is 31.1 Å². The lowest BCUT2D eigenvalue weighted by molar-refractivity contribution is 0.246. The first-order chi connectivity index (χ1) is 15.2. The van der Waals surface area contributed by atoms with Crippen LogP contribution in [0.4, 0.5) is 10.5 Å². The summed E-state index contributed by atoms with van der Waals surface area (Å²) in [4.78, 5) is 11.9. The summed E-state index contributed by atoms with van der Waals surface area (Å²) in [5, 5.41) is 6.69. The van der Waals surface area contributed by atoms with Crippen molar-refractivity contribution in [1.29, 1.82) is 0 Å². The molecule has 0 heterocycles. The third kappa shape index (κ3) is 7.40. The smallest absolute Gasteiger partial charge is 0.339 e. The van der Waals surface area contributed by atoms with E-state index in [2.05, 4.69) is 15.8 Å². The van der Waals surface area contributed by atoms with Crippen LogP contribution in [0.25, 0.3) is 0 Å². The molecule has 0 spiro atoms. The van der Waals surface area contributed by atoms with Crippen LogP contribution >= 0.6 is 0 Å². The highest BCUT2D eigenvalue weighted by atomic mass is 16.5. The maximum absolute atomic E-state index is 11.9. The van der Waals surface area contributed by atoms with Crippen LogP contribution in [-0.2, 0) is 0 Å². The Kier molecular flexibility index (Phi) is 8.31. The van der Waals surface area contributed by atoms with E-state index in [9.17, 15) is 4.79 Å². The number of rotatable bonds is 10. The molecule has 0 aromatic heterocycles. The number of benzene rings is 3. The van der Waals surface area contributed by atoms with Crippen LogP contribution in [0.3, 0.4) is 0 Å². The molecule has 2 amide bonds. The van der Waals surface area contributed by atoms with Crippen molar-refractivity contribution in [3.05, 3.63) is 84.4 Å². The van der Waals surface area contributed by atoms with Gasteiger partial charge in [0.15, 0.2) is 0 Å². The standard InChI is InChI=1S/C24H25N3O4/c1-29-21-12-7-13-22(17-21)30-15-8-16-31-23-14-6-5-9-19(23)18-25-27-24(28)26-20-10-3-2-4-11-20/h2-7,9-14,17-18H,8,15-16H2,1H3,(H2,26,27,28)/b25-18-. The average molecular weight is 419 g/mol. The molecule has 0 bridgehead atoms. The summed E-state index contributed by atoms with van der Waals surface area (Å²) < 4.78 is 16.7. The van der Waals surface area contributed by atoms with Gasteiger partial charge in [0.25, 0.3) is 0 Å². The Hall–Kier alpha value is -4.00. The molecule has 160 valence electrons. The molecule has 0 aliphatic rings. The number of carbonyl (C=O) groups excluding carboxylic acids is 1. The van der Waals surface area contributed by atoms with Crippen molar-refractivity contribution in [2.75, 3.05) is 25.6 Å². The molecule has 0 aliphatic heterocycles. The van der Waals surface area contributed by atoms with Crippen molar-refractivity contribution in [2.24, 2.45) is 5.10 Å². The first-order valence-electron chi connectivity index (χ1n) is 9.88. The minimum atomic E-state index is -0.421. The van der Waals surface area contributed by atoms with E-state index >= 15 is 0 Å². The molecule has 0 unspecified atom stereocenters. The van der Waals surface area contributed by atoms with Gasteiger partial charge < -0.3 is 19.5 Å². The zero-order valence-corrected chi connectivity index (χ0v) is 17.3. The van der Waals surface area contributed by atoms with Gasteiger partial charge in [-0.3, -0.25) is 0 Å². The summed E-state index contributed by atoms with van der Waals surface area (Å²) in [5.74, 6) is 2.19. The molecule has 7 heteroatoms. The fraction of sp³-hybridized carbons (Fsp3) is 0.167. The molecule has 31 heavy (non-hydrogen) atoms. The monoisotopic (exact) mass is 419 g/mol. The van der Waals surface area contributed by atoms with Crippen molar-refractivity contribution < 1.29 is 19.0 Å². The van der Waals surface area contributed by atoms with Crippen LogP contribution in [0.2, 0.25) is 0 Å². The predicted molar refractivity (Wildman–Crippen MR) is 121 cm³/mol. The molecule has 0 atom stereocenters. The molecule has 3 aromatic carbocycles. The molecule has 3 rings (SSSR count). The van der Waals surface area contributed by atoms with Gasteiger partial charge in [-0.2, -0.15) is 5.10 Å². The molecular weight excluding hydrogens is 394 g/mol. The van der Waals surface area contributed by atoms with Crippen LogP contribution in [0.15, 0.2) is 84.0 Å². The average Bonchev–Trinajstić information content (AvgIpc) is 2.80. The second-order valence-corrected chi connectivity index (χ2v) is 6.46. The van der Waals surface area contributed by atoms with Gasteiger partial charge in [0.05, 0.1) is 26.5 Å². The number of methoxy groups -OCH3 is 1. The van der Waals surface area contributed by atoms with Gasteiger partial charge in [-0.1, -0.05) is 36.4 Å². The molecule has 0 saturated heterocycles. The van der Waals surface area contributed by atoms with Gasteiger partial charge in [-0.15, -0.1) is 0 Å². The molecule has 0 radical (unpaired) electrons. The van der Waals surface area contributed by atoms with Crippen LogP contribution in [0, 0.1) is 0 Å². The molecule has 0 saturated carbocycles. The largest absolute Gasteiger partial charge is 0.497 e. The number of anilines is 1. The quantitative estimate of drug-likeness (QED) is 0.284. The van der Waals surface area contributed by atoms with Gasteiger partial charge in [0, 0.05) is 23.7 Å². The lowest BCUT2D eigenvalue weighted by atomic mass is 10.2. The third-order valence-corrected chi connectivity index (χ3v) is 4.18. The summed E-state index contributed by atoms with van der Waals surface area (Å²) >= 11 is 0. The molecule has 0 aliphatic carbocycles. The third-order valence-electron chi connectivity index (χ3n) is 4.18. The Labute approximate surface area is 181 Å². The Morgan fingerprint density at radius 2 is 1.65 bits per heavy atom. The highest BCUT2D eigenvalue weighted by Gasteiger charge is 2.03. The highest BCUT2D eigenvalue weighted by Crippen LogP contribution is 2.19. The van der Waals surface area contributed by atoms with Gasteiger partial charge in [-0.05, 0) is 36.4 Å². The Bertz CT molecular complexity index is 993. The van der Waals surface area contributed by atoms with E-state index in [4.69, 9.17) is 14.2 Å². The lowest BCUT2D eigenvalue weighted by Crippen LogP contribution is -2.24. The number of nitrogens with one attached hydrogen (secondary N) is 2. The first-order valence-corrected chi connectivity index (χ1v) is 9.88. The van der Waals surface area contributed by atoms with E-state index in [0.717, 1.165) is 17.1 Å². The summed E-state index contributed by atoms with van der Waals surface area (Å²) in [6.45, 7) is 1.00. The van der Waals surface area contributed by atoms with Gasteiger partial charge in [0.1, 0.15) is 17.2 Å². The zero-order chi connectivity index (χ0) is 21.7. The van der Waals surface area contributed by atoms with Crippen molar-refractivity contribution >= 4 is 17.9 Å². The number of carbonyl (C=O) groups is 1. The van der Waals surface area contributed by atoms with Crippen molar-refractivity contribution in [3.8, 4) is 17.2 Å². The number of ether oxygens (including phenoxy) is 3. The fourth-order valence-corrected chi connectivity index (χ4v) is 2.68. The fourth-order valence-electron chi connectivity index (χ4n) is 2.68. The number of hydrogen-bond acceptors (Lipinski definition) is 5. The molecular formula is C24H25N3O4. The summed E-state index contributed by atoms with van der Waals surface area (Å²) in [5.41, 5.74) is 3.89. The normalized spacial score (nSPS) is 10.5. The van der Waals surface area contributed by atoms with E-state index in [-0.39, 0.29) is 0 Å². The second kappa shape index (κ2) is 11.9. The van der Waals surface area contributed by atoms with E-state index < -0.39 is 6.03 Å². The minimum Gasteiger partial charge on any atom is -0.497 e. The number of para-hydroxylation sites is 2. The maximum Gasteiger partial charge on any atom is 0.339 e. The number of amides is 2. The predicted octanol–water partition coefficient (Wildman–Crippen LogP) is 4.70. The molecule has 7 nitrogen and oxygen atoms in total. The maximum atomic E-state index is 11.9. The van der Waals surface area contributed by atoms with Crippen molar-refractivity contribution in [2.45, 2.75) is 6.42 Å². The first kappa shape index (κ1) is 21.7. The zero-order valence-electron chi connectivity index (χ0n) is 17.3. The number of hydrogen-bond donors (Lipinski definition) is 2. The summed E-state index contributed by atoms with van der Waals surface area (Å²) in [7, 11) is 1.62. The van der Waals surface area contributed by atoms with Crippen LogP contribution in [-0.4, -0.2) is 32.6 Å². The van der Waals surface area contributed by atoms with E-state index in [1.54, 1.807) is 25.5 Å². The second-order valence-electron chi connectivity index (χ2n) is 6.46. The van der Waals surface area contributed by atoms with E-state index in [1.807, 2.05) is 66.7 Å². The number of nitrogens with zero attached hydrogens (tertiary/aromatic N) is 1. The van der Waals surface area contributed by atoms with Crippen molar-refractivity contribution in [3.63, 3.8) is 0 Å². The van der Waals surface area contributed by atoms with Crippen LogP contribution in [0.1, 0.15) is 12.0 Å². The Morgan fingerprint density at radius 3 is 2.48 bits per heavy atom. The molecule has 3 aromatic rings. The Morgan fingerprint density at radius 1 is 0.903 bits per heavy atom. The van der Waals surface area contributed by atoms with Crippen molar-refractivity contribution in [1.82, 2.24) is 5.43 Å². The summed E-state index contributed by atoms with van der Waals surface area (Å²) in [6.07, 6.45) is 2.26. The van der Waals surface area contributed by atoms with Crippen LogP contribution < -0.4 is 25.0 Å². The SMILES string of the molecule is COc1cccc(OCCCOc2ccccc2/C=N\NC(=O)Nc2ccccc2)c1. The Balaban J connectivity index is 1.43. The number of urea groups is 1. The van der Waals surface area contributed by atoms with Crippen LogP contribution in [0.5, 0.6) is 17.2 Å². The van der Waals surface area contributed by atoms with Gasteiger partial charge >= 0.3 is 6.03 Å². The van der Waals surface area contributed by atoms with E-state index in [1.165, 1.54) is 0 Å². The van der Waals surface area contributed by atoms with Gasteiger partial charge in [-0.25, -0.2) is 10.2 Å². The minimum absolute atomic E-state index is 0.421. The lowest BCUT2D eigenvalue weighted by Gasteiger charge is -2.10. The topological polar surface area (TPSA) is 81.2 Å². The summed E-state index contributed by atoms with van der Waals surface area (Å²) in [6, 6.07) is 23.7. The molecule has 0 fully saturated rings. The molecule has 2 N–H and O–H groups in total. The highest BCUT2D eigenvalue weighted by molar-refractivity contribution is 5.90.